The lowest BCUT2D eigenvalue weighted by Gasteiger charge is -2.30. The Balaban J connectivity index is 1.54. The van der Waals surface area contributed by atoms with Crippen LogP contribution in [0.2, 0.25) is 0 Å². The van der Waals surface area contributed by atoms with Gasteiger partial charge < -0.3 is 19.9 Å². The molecule has 0 aromatic carbocycles. The van der Waals surface area contributed by atoms with E-state index in [9.17, 15) is 0 Å². The van der Waals surface area contributed by atoms with Crippen LogP contribution in [0.15, 0.2) is 4.99 Å². The number of hydrogen-bond donors (Lipinski definition) is 2. The molecule has 2 N–H and O–H groups in total. The van der Waals surface area contributed by atoms with E-state index in [1.807, 2.05) is 18.5 Å². The smallest absolute Gasteiger partial charge is 0.191 e. The predicted octanol–water partition coefficient (Wildman–Crippen LogP) is 1.46. The van der Waals surface area contributed by atoms with Crippen molar-refractivity contribution in [2.24, 2.45) is 18.0 Å². The second-order valence-corrected chi connectivity index (χ2v) is 8.04. The van der Waals surface area contributed by atoms with Gasteiger partial charge in [-0.05, 0) is 38.5 Å². The maximum atomic E-state index is 5.43. The summed E-state index contributed by atoms with van der Waals surface area (Å²) in [5.74, 6) is 3.60. The van der Waals surface area contributed by atoms with Crippen LogP contribution in [-0.2, 0) is 18.3 Å². The van der Waals surface area contributed by atoms with E-state index < -0.39 is 0 Å². The first-order valence-electron chi connectivity index (χ1n) is 10.9. The highest BCUT2D eigenvalue weighted by Gasteiger charge is 2.21. The SMILES string of the molecule is CCC1CCC(NC(=NCc2nnc(C)n2C)NCCN2CCOCC2)CC1. The Labute approximate surface area is 169 Å². The van der Waals surface area contributed by atoms with Gasteiger partial charge in [-0.1, -0.05) is 13.3 Å². The maximum Gasteiger partial charge on any atom is 0.191 e. The molecule has 0 spiro atoms. The van der Waals surface area contributed by atoms with Gasteiger partial charge in [0.2, 0.25) is 0 Å². The normalized spacial score (nSPS) is 24.3. The first-order chi connectivity index (χ1) is 13.7. The molecule has 1 aromatic heterocycles. The van der Waals surface area contributed by atoms with Gasteiger partial charge >= 0.3 is 0 Å². The molecule has 1 aromatic rings. The Bertz CT molecular complexity index is 616. The fourth-order valence-corrected chi connectivity index (χ4v) is 3.96. The second-order valence-electron chi connectivity index (χ2n) is 8.04. The van der Waals surface area contributed by atoms with E-state index in [0.29, 0.717) is 12.6 Å². The van der Waals surface area contributed by atoms with Crippen molar-refractivity contribution in [3.63, 3.8) is 0 Å². The van der Waals surface area contributed by atoms with E-state index in [-0.39, 0.29) is 0 Å². The van der Waals surface area contributed by atoms with Crippen LogP contribution in [0.4, 0.5) is 0 Å². The predicted molar refractivity (Wildman–Crippen MR) is 111 cm³/mol. The van der Waals surface area contributed by atoms with E-state index in [4.69, 9.17) is 9.73 Å². The van der Waals surface area contributed by atoms with Crippen molar-refractivity contribution < 1.29 is 4.74 Å². The molecule has 0 radical (unpaired) electrons. The Morgan fingerprint density at radius 2 is 1.93 bits per heavy atom. The first-order valence-corrected chi connectivity index (χ1v) is 10.9. The molecular formula is C20H37N7O. The average molecular weight is 392 g/mol. The fourth-order valence-electron chi connectivity index (χ4n) is 3.96. The minimum Gasteiger partial charge on any atom is -0.379 e. The number of nitrogens with one attached hydrogen (secondary N) is 2. The van der Waals surface area contributed by atoms with Crippen LogP contribution < -0.4 is 10.6 Å². The summed E-state index contributed by atoms with van der Waals surface area (Å²) in [5, 5.41) is 15.6. The number of aryl methyl sites for hydroxylation is 1. The Morgan fingerprint density at radius 3 is 2.57 bits per heavy atom. The number of ether oxygens (including phenoxy) is 1. The molecular weight excluding hydrogens is 354 g/mol. The molecule has 1 aliphatic carbocycles. The summed E-state index contributed by atoms with van der Waals surface area (Å²) in [6.07, 6.45) is 6.39. The molecule has 2 heterocycles. The molecule has 158 valence electrons. The molecule has 1 saturated heterocycles. The quantitative estimate of drug-likeness (QED) is 0.541. The Morgan fingerprint density at radius 1 is 1.18 bits per heavy atom. The molecule has 0 unspecified atom stereocenters. The van der Waals surface area contributed by atoms with E-state index >= 15 is 0 Å². The van der Waals surface area contributed by atoms with Crippen LogP contribution in [0.5, 0.6) is 0 Å². The number of nitrogens with zero attached hydrogens (tertiary/aromatic N) is 5. The molecule has 2 fully saturated rings. The van der Waals surface area contributed by atoms with Gasteiger partial charge in [-0.25, -0.2) is 4.99 Å². The van der Waals surface area contributed by atoms with E-state index in [2.05, 4.69) is 32.7 Å². The molecule has 2 aliphatic rings. The maximum absolute atomic E-state index is 5.43. The molecule has 8 nitrogen and oxygen atoms in total. The highest BCUT2D eigenvalue weighted by Crippen LogP contribution is 2.26. The van der Waals surface area contributed by atoms with Gasteiger partial charge in [0, 0.05) is 39.3 Å². The summed E-state index contributed by atoms with van der Waals surface area (Å²) in [5.41, 5.74) is 0. The van der Waals surface area contributed by atoms with Crippen LogP contribution in [-0.4, -0.2) is 71.1 Å². The van der Waals surface area contributed by atoms with Gasteiger partial charge in [-0.3, -0.25) is 4.90 Å². The first kappa shape index (κ1) is 21.0. The number of morpholine rings is 1. The summed E-state index contributed by atoms with van der Waals surface area (Å²) in [6, 6.07) is 0.513. The zero-order valence-electron chi connectivity index (χ0n) is 17.8. The molecule has 8 heteroatoms. The third-order valence-electron chi connectivity index (χ3n) is 6.15. The van der Waals surface area contributed by atoms with Crippen LogP contribution in [0, 0.1) is 12.8 Å². The van der Waals surface area contributed by atoms with Gasteiger partial charge in [-0.2, -0.15) is 0 Å². The van der Waals surface area contributed by atoms with Gasteiger partial charge in [0.25, 0.3) is 0 Å². The summed E-state index contributed by atoms with van der Waals surface area (Å²) in [7, 11) is 1.99. The number of aliphatic imine (C=N–C) groups is 1. The van der Waals surface area contributed by atoms with Gasteiger partial charge in [0.1, 0.15) is 12.4 Å². The Hall–Kier alpha value is -1.67. The number of guanidine groups is 1. The zero-order valence-corrected chi connectivity index (χ0v) is 17.8. The summed E-state index contributed by atoms with van der Waals surface area (Å²) < 4.78 is 7.43. The largest absolute Gasteiger partial charge is 0.379 e. The van der Waals surface area contributed by atoms with E-state index in [1.54, 1.807) is 0 Å². The number of hydrogen-bond acceptors (Lipinski definition) is 5. The van der Waals surface area contributed by atoms with Crippen molar-refractivity contribution >= 4 is 5.96 Å². The topological polar surface area (TPSA) is 79.6 Å². The van der Waals surface area contributed by atoms with Crippen LogP contribution in [0.1, 0.15) is 50.7 Å². The van der Waals surface area contributed by atoms with E-state index in [1.165, 1.54) is 32.1 Å². The Kier molecular flexibility index (Phi) is 8.09. The lowest BCUT2D eigenvalue weighted by molar-refractivity contribution is 0.0389. The summed E-state index contributed by atoms with van der Waals surface area (Å²) in [6.45, 7) is 10.4. The zero-order chi connectivity index (χ0) is 19.8. The monoisotopic (exact) mass is 391 g/mol. The standard InChI is InChI=1S/C20H37N7O/c1-4-17-5-7-18(8-6-17)23-20(21-9-10-27-11-13-28-14-12-27)22-15-19-25-24-16(2)26(19)3/h17-18H,4-15H2,1-3H3,(H2,21,22,23). The van der Waals surface area contributed by atoms with Gasteiger partial charge in [0.05, 0.1) is 13.2 Å². The molecule has 0 bridgehead atoms. The minimum absolute atomic E-state index is 0.513. The van der Waals surface area contributed by atoms with Crippen molar-refractivity contribution in [1.29, 1.82) is 0 Å². The van der Waals surface area contributed by atoms with Gasteiger partial charge in [0.15, 0.2) is 11.8 Å². The fraction of sp³-hybridized carbons (Fsp3) is 0.850. The number of aromatic nitrogens is 3. The van der Waals surface area contributed by atoms with E-state index in [0.717, 1.165) is 62.9 Å². The van der Waals surface area contributed by atoms with Crippen molar-refractivity contribution in [3.8, 4) is 0 Å². The third-order valence-corrected chi connectivity index (χ3v) is 6.15. The summed E-state index contributed by atoms with van der Waals surface area (Å²) >= 11 is 0. The van der Waals surface area contributed by atoms with Crippen LogP contribution in [0.25, 0.3) is 0 Å². The highest BCUT2D eigenvalue weighted by molar-refractivity contribution is 5.80. The molecule has 28 heavy (non-hydrogen) atoms. The van der Waals surface area contributed by atoms with Crippen LogP contribution in [0.3, 0.4) is 0 Å². The average Bonchev–Trinajstić information content (AvgIpc) is 3.05. The third kappa shape index (κ3) is 6.17. The molecule has 1 aliphatic heterocycles. The molecule has 0 atom stereocenters. The molecule has 0 amide bonds. The minimum atomic E-state index is 0.513. The lowest BCUT2D eigenvalue weighted by Crippen LogP contribution is -2.48. The van der Waals surface area contributed by atoms with Crippen molar-refractivity contribution in [3.05, 3.63) is 11.6 Å². The second kappa shape index (κ2) is 10.8. The molecule has 3 rings (SSSR count). The van der Waals surface area contributed by atoms with Gasteiger partial charge in [-0.15, -0.1) is 10.2 Å². The lowest BCUT2D eigenvalue weighted by atomic mass is 9.84. The van der Waals surface area contributed by atoms with Crippen molar-refractivity contribution in [2.75, 3.05) is 39.4 Å². The van der Waals surface area contributed by atoms with Crippen molar-refractivity contribution in [1.82, 2.24) is 30.3 Å². The number of rotatable bonds is 7. The van der Waals surface area contributed by atoms with Crippen LogP contribution >= 0.6 is 0 Å². The van der Waals surface area contributed by atoms with Crippen molar-refractivity contribution in [2.45, 2.75) is 58.5 Å². The summed E-state index contributed by atoms with van der Waals surface area (Å²) in [4.78, 5) is 7.25. The molecule has 1 saturated carbocycles. The highest BCUT2D eigenvalue weighted by atomic mass is 16.5.